The first-order chi connectivity index (χ1) is 14.2. The van der Waals surface area contributed by atoms with Gasteiger partial charge in [-0.25, -0.2) is 4.99 Å². The normalized spacial score (nSPS) is 11.2. The molecule has 1 heterocycles. The zero-order chi connectivity index (χ0) is 20.5. The molecule has 152 valence electrons. The van der Waals surface area contributed by atoms with E-state index in [1.807, 2.05) is 73.3 Å². The van der Waals surface area contributed by atoms with Crippen LogP contribution in [0, 0.1) is 0 Å². The Kier molecular flexibility index (Phi) is 7.10. The van der Waals surface area contributed by atoms with Gasteiger partial charge in [-0.15, -0.1) is 0 Å². The maximum absolute atomic E-state index is 5.92. The van der Waals surface area contributed by atoms with Gasteiger partial charge in [-0.2, -0.15) is 5.10 Å². The zero-order valence-corrected chi connectivity index (χ0v) is 17.1. The molecule has 0 unspecified atom stereocenters. The van der Waals surface area contributed by atoms with Crippen LogP contribution in [0.15, 0.2) is 65.8 Å². The van der Waals surface area contributed by atoms with Crippen LogP contribution < -0.4 is 20.1 Å². The molecule has 0 spiro atoms. The van der Waals surface area contributed by atoms with Gasteiger partial charge >= 0.3 is 0 Å². The van der Waals surface area contributed by atoms with Crippen LogP contribution in [-0.4, -0.2) is 29.4 Å². The highest BCUT2D eigenvalue weighted by molar-refractivity contribution is 5.79. The Morgan fingerprint density at radius 3 is 2.45 bits per heavy atom. The van der Waals surface area contributed by atoms with Crippen molar-refractivity contribution >= 4 is 5.96 Å². The van der Waals surface area contributed by atoms with Gasteiger partial charge in [0.1, 0.15) is 5.75 Å². The summed E-state index contributed by atoms with van der Waals surface area (Å²) in [5, 5.41) is 10.8. The average molecular weight is 393 g/mol. The van der Waals surface area contributed by atoms with E-state index >= 15 is 0 Å². The third kappa shape index (κ3) is 5.75. The van der Waals surface area contributed by atoms with Crippen LogP contribution >= 0.6 is 0 Å². The first-order valence-corrected chi connectivity index (χ1v) is 9.58. The van der Waals surface area contributed by atoms with Crippen molar-refractivity contribution in [3.8, 4) is 17.2 Å². The first kappa shape index (κ1) is 20.3. The Hall–Kier alpha value is -3.48. The lowest BCUT2D eigenvalue weighted by Gasteiger charge is -2.12. The van der Waals surface area contributed by atoms with Gasteiger partial charge in [0.15, 0.2) is 17.5 Å². The van der Waals surface area contributed by atoms with Gasteiger partial charge in [0.2, 0.25) is 0 Å². The van der Waals surface area contributed by atoms with Gasteiger partial charge < -0.3 is 20.1 Å². The molecular formula is C22H27N5O2. The second-order valence-electron chi connectivity index (χ2n) is 6.39. The van der Waals surface area contributed by atoms with Crippen molar-refractivity contribution in [2.45, 2.75) is 20.0 Å². The minimum Gasteiger partial charge on any atom is -0.493 e. The second kappa shape index (κ2) is 10.2. The quantitative estimate of drug-likeness (QED) is 0.453. The molecule has 0 aliphatic rings. The lowest BCUT2D eigenvalue weighted by atomic mass is 10.2. The maximum Gasteiger partial charge on any atom is 0.191 e. The van der Waals surface area contributed by atoms with E-state index in [0.717, 1.165) is 29.5 Å². The molecule has 1 aromatic heterocycles. The molecule has 0 fully saturated rings. The van der Waals surface area contributed by atoms with Crippen LogP contribution in [0.25, 0.3) is 0 Å². The fourth-order valence-electron chi connectivity index (χ4n) is 2.75. The van der Waals surface area contributed by atoms with E-state index in [2.05, 4.69) is 20.7 Å². The number of hydrogen-bond donors (Lipinski definition) is 2. The van der Waals surface area contributed by atoms with Crippen LogP contribution in [0.3, 0.4) is 0 Å². The highest BCUT2D eigenvalue weighted by Gasteiger charge is 2.05. The summed E-state index contributed by atoms with van der Waals surface area (Å²) in [6.07, 6.45) is 1.79. The topological polar surface area (TPSA) is 72.7 Å². The van der Waals surface area contributed by atoms with E-state index in [4.69, 9.17) is 9.47 Å². The minimum atomic E-state index is 0.565. The standard InChI is InChI=1S/C22H27N5O2/c1-4-23-22(25-16-18-13-14-26-27(18)2)24-15-17-9-11-19(12-10-17)29-21-8-6-5-7-20(21)28-3/h5-14H,4,15-16H2,1-3H3,(H2,23,24,25). The third-order valence-electron chi connectivity index (χ3n) is 4.34. The predicted octanol–water partition coefficient (Wildman–Crippen LogP) is 3.48. The van der Waals surface area contributed by atoms with Crippen molar-refractivity contribution in [2.75, 3.05) is 13.7 Å². The van der Waals surface area contributed by atoms with Crippen molar-refractivity contribution in [1.29, 1.82) is 0 Å². The van der Waals surface area contributed by atoms with E-state index in [0.29, 0.717) is 24.6 Å². The summed E-state index contributed by atoms with van der Waals surface area (Å²) in [5.74, 6) is 2.91. The van der Waals surface area contributed by atoms with Crippen LogP contribution in [0.1, 0.15) is 18.2 Å². The lowest BCUT2D eigenvalue weighted by Crippen LogP contribution is -2.37. The van der Waals surface area contributed by atoms with Gasteiger partial charge in [-0.05, 0) is 42.8 Å². The molecule has 0 saturated carbocycles. The Labute approximate surface area is 171 Å². The largest absolute Gasteiger partial charge is 0.493 e. The van der Waals surface area contributed by atoms with E-state index in [9.17, 15) is 0 Å². The molecule has 7 heteroatoms. The highest BCUT2D eigenvalue weighted by atomic mass is 16.5. The first-order valence-electron chi connectivity index (χ1n) is 9.58. The minimum absolute atomic E-state index is 0.565. The van der Waals surface area contributed by atoms with E-state index < -0.39 is 0 Å². The molecular weight excluding hydrogens is 366 g/mol. The van der Waals surface area contributed by atoms with Crippen LogP contribution in [-0.2, 0) is 20.1 Å². The van der Waals surface area contributed by atoms with E-state index in [1.54, 1.807) is 13.3 Å². The van der Waals surface area contributed by atoms with Crippen molar-refractivity contribution in [2.24, 2.45) is 12.0 Å². The van der Waals surface area contributed by atoms with Crippen molar-refractivity contribution in [3.63, 3.8) is 0 Å². The molecule has 0 bridgehead atoms. The van der Waals surface area contributed by atoms with Crippen LogP contribution in [0.5, 0.6) is 17.2 Å². The number of methoxy groups -OCH3 is 1. The molecule has 2 aromatic carbocycles. The number of aryl methyl sites for hydroxylation is 1. The molecule has 0 saturated heterocycles. The van der Waals surface area contributed by atoms with Crippen molar-refractivity contribution in [1.82, 2.24) is 20.4 Å². The number of rotatable bonds is 8. The van der Waals surface area contributed by atoms with Gasteiger partial charge in [0.25, 0.3) is 0 Å². The zero-order valence-electron chi connectivity index (χ0n) is 17.1. The summed E-state index contributed by atoms with van der Waals surface area (Å²) in [6, 6.07) is 17.5. The molecule has 0 aliphatic heterocycles. The lowest BCUT2D eigenvalue weighted by molar-refractivity contribution is 0.379. The summed E-state index contributed by atoms with van der Waals surface area (Å²) < 4.78 is 13.1. The molecule has 7 nitrogen and oxygen atoms in total. The Morgan fingerprint density at radius 2 is 1.79 bits per heavy atom. The second-order valence-corrected chi connectivity index (χ2v) is 6.39. The number of hydrogen-bond acceptors (Lipinski definition) is 4. The fourth-order valence-corrected chi connectivity index (χ4v) is 2.75. The summed E-state index contributed by atoms with van der Waals surface area (Å²) in [5.41, 5.74) is 2.18. The van der Waals surface area contributed by atoms with Crippen LogP contribution in [0.4, 0.5) is 0 Å². The number of nitrogens with zero attached hydrogens (tertiary/aromatic N) is 3. The summed E-state index contributed by atoms with van der Waals surface area (Å²) in [4.78, 5) is 4.66. The van der Waals surface area contributed by atoms with Gasteiger partial charge in [-0.1, -0.05) is 24.3 Å². The third-order valence-corrected chi connectivity index (χ3v) is 4.34. The molecule has 29 heavy (non-hydrogen) atoms. The number of para-hydroxylation sites is 2. The number of aromatic nitrogens is 2. The Bertz CT molecular complexity index is 934. The summed E-state index contributed by atoms with van der Waals surface area (Å²) in [7, 11) is 3.56. The summed E-state index contributed by atoms with van der Waals surface area (Å²) in [6.45, 7) is 4.07. The molecule has 3 rings (SSSR count). The number of benzene rings is 2. The Balaban J connectivity index is 1.60. The molecule has 2 N–H and O–H groups in total. The van der Waals surface area contributed by atoms with Crippen molar-refractivity contribution in [3.05, 3.63) is 72.1 Å². The van der Waals surface area contributed by atoms with E-state index in [-0.39, 0.29) is 0 Å². The summed E-state index contributed by atoms with van der Waals surface area (Å²) >= 11 is 0. The number of aliphatic imine (C=N–C) groups is 1. The molecule has 0 atom stereocenters. The average Bonchev–Trinajstić information content (AvgIpc) is 3.16. The SMILES string of the molecule is CCNC(=NCc1ccc(Oc2ccccc2OC)cc1)NCc1ccnn1C. The molecule has 0 aliphatic carbocycles. The van der Waals surface area contributed by atoms with Crippen molar-refractivity contribution < 1.29 is 9.47 Å². The molecule has 3 aromatic rings. The monoisotopic (exact) mass is 393 g/mol. The van der Waals surface area contributed by atoms with E-state index in [1.165, 1.54) is 0 Å². The maximum atomic E-state index is 5.92. The highest BCUT2D eigenvalue weighted by Crippen LogP contribution is 2.30. The van der Waals surface area contributed by atoms with Crippen LogP contribution in [0.2, 0.25) is 0 Å². The smallest absolute Gasteiger partial charge is 0.191 e. The number of guanidine groups is 1. The fraction of sp³-hybridized carbons (Fsp3) is 0.273. The number of ether oxygens (including phenoxy) is 2. The predicted molar refractivity (Wildman–Crippen MR) is 114 cm³/mol. The van der Waals surface area contributed by atoms with Gasteiger partial charge in [-0.3, -0.25) is 4.68 Å². The van der Waals surface area contributed by atoms with Gasteiger partial charge in [0, 0.05) is 19.8 Å². The van der Waals surface area contributed by atoms with Gasteiger partial charge in [0.05, 0.1) is 25.9 Å². The number of nitrogens with one attached hydrogen (secondary N) is 2. The molecule has 0 radical (unpaired) electrons. The Morgan fingerprint density at radius 1 is 1.03 bits per heavy atom. The molecule has 0 amide bonds.